The fraction of sp³-hybridized carbons (Fsp3) is 0.286. The number of nitrogens with zero attached hydrogens (tertiary/aromatic N) is 3. The van der Waals surface area contributed by atoms with Gasteiger partial charge in [-0.25, -0.2) is 9.89 Å². The maximum absolute atomic E-state index is 11.1. The van der Waals surface area contributed by atoms with Gasteiger partial charge < -0.3 is 10.5 Å². The Morgan fingerprint density at radius 3 is 3.21 bits per heavy atom. The van der Waals surface area contributed by atoms with Gasteiger partial charge >= 0.3 is 5.69 Å². The molecule has 0 aromatic carbocycles. The molecule has 0 saturated heterocycles. The van der Waals surface area contributed by atoms with Gasteiger partial charge in [-0.3, -0.25) is 0 Å². The molecule has 74 valence electrons. The van der Waals surface area contributed by atoms with Crippen LogP contribution in [0.5, 0.6) is 5.88 Å². The van der Waals surface area contributed by atoms with E-state index in [0.717, 1.165) is 4.52 Å². The van der Waals surface area contributed by atoms with E-state index in [2.05, 4.69) is 15.3 Å². The van der Waals surface area contributed by atoms with Crippen molar-refractivity contribution in [1.82, 2.24) is 19.8 Å². The van der Waals surface area contributed by atoms with Gasteiger partial charge in [-0.2, -0.15) is 9.61 Å². The quantitative estimate of drug-likeness (QED) is 0.638. The third-order valence-electron chi connectivity index (χ3n) is 1.62. The normalized spacial score (nSPS) is 10.6. The van der Waals surface area contributed by atoms with Crippen LogP contribution in [0.2, 0.25) is 0 Å². The second-order valence-electron chi connectivity index (χ2n) is 2.61. The number of rotatable bonds is 3. The Morgan fingerprint density at radius 1 is 1.57 bits per heavy atom. The molecule has 0 amide bonds. The molecule has 14 heavy (non-hydrogen) atoms. The standard InChI is InChI=1S/C7H9N5O2/c8-3-4-14-6-2-1-5-9-10-7(13)12(5)11-6/h1-2H,3-4,8H2,(H,10,13). The molecule has 7 nitrogen and oxygen atoms in total. The molecule has 0 atom stereocenters. The average molecular weight is 195 g/mol. The summed E-state index contributed by atoms with van der Waals surface area (Å²) < 4.78 is 6.28. The Kier molecular flexibility index (Phi) is 2.15. The molecule has 2 aromatic heterocycles. The van der Waals surface area contributed by atoms with E-state index in [1.165, 1.54) is 0 Å². The monoisotopic (exact) mass is 195 g/mol. The molecule has 0 radical (unpaired) electrons. The number of aromatic nitrogens is 4. The van der Waals surface area contributed by atoms with E-state index in [0.29, 0.717) is 24.7 Å². The minimum Gasteiger partial charge on any atom is -0.475 e. The van der Waals surface area contributed by atoms with Gasteiger partial charge in [-0.15, -0.1) is 5.10 Å². The number of H-pyrrole nitrogens is 1. The van der Waals surface area contributed by atoms with Crippen LogP contribution in [0.3, 0.4) is 0 Å². The van der Waals surface area contributed by atoms with Crippen molar-refractivity contribution in [2.75, 3.05) is 13.2 Å². The number of ether oxygens (including phenoxy) is 1. The van der Waals surface area contributed by atoms with Crippen LogP contribution in [0.25, 0.3) is 5.65 Å². The Labute approximate surface area is 78.5 Å². The molecule has 2 aromatic rings. The highest BCUT2D eigenvalue weighted by atomic mass is 16.5. The first-order valence-corrected chi connectivity index (χ1v) is 4.08. The van der Waals surface area contributed by atoms with Gasteiger partial charge in [-0.1, -0.05) is 0 Å². The Balaban J connectivity index is 2.39. The van der Waals surface area contributed by atoms with Crippen LogP contribution >= 0.6 is 0 Å². The molecule has 0 fully saturated rings. The molecule has 0 unspecified atom stereocenters. The number of hydrogen-bond acceptors (Lipinski definition) is 5. The summed E-state index contributed by atoms with van der Waals surface area (Å²) in [5, 5.41) is 9.90. The van der Waals surface area contributed by atoms with Crippen LogP contribution in [0, 0.1) is 0 Å². The van der Waals surface area contributed by atoms with Gasteiger partial charge in [0.2, 0.25) is 5.88 Å². The van der Waals surface area contributed by atoms with E-state index >= 15 is 0 Å². The summed E-state index contributed by atoms with van der Waals surface area (Å²) in [6, 6.07) is 3.27. The molecule has 0 aliphatic rings. The average Bonchev–Trinajstić information content (AvgIpc) is 2.57. The summed E-state index contributed by atoms with van der Waals surface area (Å²) in [4.78, 5) is 11.1. The molecule has 2 heterocycles. The summed E-state index contributed by atoms with van der Waals surface area (Å²) >= 11 is 0. The lowest BCUT2D eigenvalue weighted by Gasteiger charge is -2.01. The molecule has 0 saturated carbocycles. The maximum atomic E-state index is 11.1. The Bertz CT molecular complexity index is 488. The van der Waals surface area contributed by atoms with E-state index in [4.69, 9.17) is 10.5 Å². The van der Waals surface area contributed by atoms with E-state index in [9.17, 15) is 4.79 Å². The summed E-state index contributed by atoms with van der Waals surface area (Å²) in [6.07, 6.45) is 0. The summed E-state index contributed by atoms with van der Waals surface area (Å²) in [6.45, 7) is 0.769. The minimum absolute atomic E-state index is 0.353. The number of nitrogens with two attached hydrogens (primary N) is 1. The maximum Gasteiger partial charge on any atom is 0.364 e. The van der Waals surface area contributed by atoms with Crippen LogP contribution in [0.1, 0.15) is 0 Å². The molecule has 0 aliphatic carbocycles. The highest BCUT2D eigenvalue weighted by Gasteiger charge is 2.02. The van der Waals surface area contributed by atoms with Crippen molar-refractivity contribution >= 4 is 5.65 Å². The minimum atomic E-state index is -0.391. The summed E-state index contributed by atoms with van der Waals surface area (Å²) in [5.74, 6) is 0.353. The van der Waals surface area contributed by atoms with Crippen molar-refractivity contribution in [3.8, 4) is 5.88 Å². The Hall–Kier alpha value is -1.89. The second-order valence-corrected chi connectivity index (χ2v) is 2.61. The Morgan fingerprint density at radius 2 is 2.43 bits per heavy atom. The SMILES string of the molecule is NCCOc1ccc2n[nH]c(=O)n2n1. The van der Waals surface area contributed by atoms with Gasteiger partial charge in [-0.05, 0) is 6.07 Å². The molecule has 0 aliphatic heterocycles. The molecule has 0 bridgehead atoms. The zero-order valence-corrected chi connectivity index (χ0v) is 7.30. The first kappa shape index (κ1) is 8.70. The lowest BCUT2D eigenvalue weighted by Crippen LogP contribution is -2.15. The lowest BCUT2D eigenvalue weighted by atomic mass is 10.5. The number of aromatic amines is 1. The van der Waals surface area contributed by atoms with Gasteiger partial charge in [0, 0.05) is 12.6 Å². The van der Waals surface area contributed by atoms with Gasteiger partial charge in [0.05, 0.1) is 0 Å². The van der Waals surface area contributed by atoms with Crippen molar-refractivity contribution in [2.24, 2.45) is 5.73 Å². The summed E-state index contributed by atoms with van der Waals surface area (Å²) in [5.41, 5.74) is 5.32. The van der Waals surface area contributed by atoms with Crippen LogP contribution < -0.4 is 16.2 Å². The molecular weight excluding hydrogens is 186 g/mol. The highest BCUT2D eigenvalue weighted by Crippen LogP contribution is 2.04. The largest absolute Gasteiger partial charge is 0.475 e. The van der Waals surface area contributed by atoms with E-state index in [-0.39, 0.29) is 0 Å². The molecule has 2 rings (SSSR count). The zero-order chi connectivity index (χ0) is 9.97. The number of nitrogens with one attached hydrogen (secondary N) is 1. The summed E-state index contributed by atoms with van der Waals surface area (Å²) in [7, 11) is 0. The lowest BCUT2D eigenvalue weighted by molar-refractivity contribution is 0.310. The van der Waals surface area contributed by atoms with Crippen molar-refractivity contribution in [3.63, 3.8) is 0 Å². The topological polar surface area (TPSA) is 98.3 Å². The second kappa shape index (κ2) is 3.46. The highest BCUT2D eigenvalue weighted by molar-refractivity contribution is 5.35. The predicted octanol–water partition coefficient (Wildman–Crippen LogP) is -1.24. The molecule has 3 N–H and O–H groups in total. The third kappa shape index (κ3) is 1.44. The van der Waals surface area contributed by atoms with Gasteiger partial charge in [0.15, 0.2) is 5.65 Å². The van der Waals surface area contributed by atoms with Crippen molar-refractivity contribution < 1.29 is 4.74 Å². The number of hydrogen-bond donors (Lipinski definition) is 2. The van der Waals surface area contributed by atoms with Crippen LogP contribution in [0.4, 0.5) is 0 Å². The van der Waals surface area contributed by atoms with Crippen molar-refractivity contribution in [3.05, 3.63) is 22.6 Å². The fourth-order valence-electron chi connectivity index (χ4n) is 1.03. The molecular formula is C7H9N5O2. The van der Waals surface area contributed by atoms with Crippen molar-refractivity contribution in [1.29, 1.82) is 0 Å². The molecule has 7 heteroatoms. The van der Waals surface area contributed by atoms with E-state index < -0.39 is 5.69 Å². The van der Waals surface area contributed by atoms with Crippen LogP contribution in [-0.4, -0.2) is 33.0 Å². The van der Waals surface area contributed by atoms with Crippen LogP contribution in [-0.2, 0) is 0 Å². The first-order chi connectivity index (χ1) is 6.81. The first-order valence-electron chi connectivity index (χ1n) is 4.08. The van der Waals surface area contributed by atoms with Gasteiger partial charge in [0.25, 0.3) is 0 Å². The fourth-order valence-corrected chi connectivity index (χ4v) is 1.03. The zero-order valence-electron chi connectivity index (χ0n) is 7.30. The number of fused-ring (bicyclic) bond motifs is 1. The van der Waals surface area contributed by atoms with Crippen molar-refractivity contribution in [2.45, 2.75) is 0 Å². The third-order valence-corrected chi connectivity index (χ3v) is 1.62. The smallest absolute Gasteiger partial charge is 0.364 e. The van der Waals surface area contributed by atoms with E-state index in [1.807, 2.05) is 0 Å². The molecule has 0 spiro atoms. The van der Waals surface area contributed by atoms with E-state index in [1.54, 1.807) is 12.1 Å². The van der Waals surface area contributed by atoms with Crippen LogP contribution in [0.15, 0.2) is 16.9 Å². The predicted molar refractivity (Wildman–Crippen MR) is 48.2 cm³/mol. The van der Waals surface area contributed by atoms with Gasteiger partial charge in [0.1, 0.15) is 6.61 Å².